The van der Waals surface area contributed by atoms with Crippen LogP contribution >= 0.6 is 0 Å². The predicted octanol–water partition coefficient (Wildman–Crippen LogP) is 3.06. The molecule has 26 heavy (non-hydrogen) atoms. The van der Waals surface area contributed by atoms with Crippen molar-refractivity contribution in [3.8, 4) is 0 Å². The number of para-hydroxylation sites is 1. The third-order valence-electron chi connectivity index (χ3n) is 4.01. The number of carbonyl (C=O) groups excluding carboxylic acids is 2. The summed E-state index contributed by atoms with van der Waals surface area (Å²) in [5, 5.41) is 2.76. The number of nitrogens with zero attached hydrogens (tertiary/aromatic N) is 1. The summed E-state index contributed by atoms with van der Waals surface area (Å²) in [4.78, 5) is 36.2. The highest BCUT2D eigenvalue weighted by Crippen LogP contribution is 2.17. The summed E-state index contributed by atoms with van der Waals surface area (Å²) < 4.78 is 6.98. The number of hydrogen-bond acceptors (Lipinski definition) is 4. The maximum atomic E-state index is 12.4. The van der Waals surface area contributed by atoms with E-state index in [0.29, 0.717) is 29.2 Å². The molecule has 2 aromatic rings. The Morgan fingerprint density at radius 3 is 2.42 bits per heavy atom. The molecule has 0 aliphatic heterocycles. The van der Waals surface area contributed by atoms with Gasteiger partial charge in [0.15, 0.2) is 5.43 Å². The smallest absolute Gasteiger partial charge is 0.340 e. The fraction of sp³-hybridized carbons (Fsp3) is 0.350. The Morgan fingerprint density at radius 1 is 1.12 bits per heavy atom. The van der Waals surface area contributed by atoms with E-state index in [1.165, 1.54) is 12.1 Å². The molecule has 0 atom stereocenters. The number of pyridine rings is 1. The van der Waals surface area contributed by atoms with Gasteiger partial charge in [-0.1, -0.05) is 25.5 Å². The molecule has 138 valence electrons. The van der Waals surface area contributed by atoms with Gasteiger partial charge in [-0.3, -0.25) is 9.59 Å². The number of anilines is 1. The average molecular weight is 356 g/mol. The summed E-state index contributed by atoms with van der Waals surface area (Å²) in [6, 6.07) is 9.73. The Hall–Kier alpha value is -2.89. The maximum absolute atomic E-state index is 12.4. The van der Waals surface area contributed by atoms with Gasteiger partial charge in [0.2, 0.25) is 5.91 Å². The summed E-state index contributed by atoms with van der Waals surface area (Å²) in [5.41, 5.74) is 2.06. The van der Waals surface area contributed by atoms with Crippen LogP contribution in [0.1, 0.15) is 41.5 Å². The highest BCUT2D eigenvalue weighted by atomic mass is 16.5. The third kappa shape index (κ3) is 5.05. The number of aryl methyl sites for hydroxylation is 2. The van der Waals surface area contributed by atoms with E-state index < -0.39 is 5.97 Å². The van der Waals surface area contributed by atoms with E-state index in [-0.39, 0.29) is 17.9 Å². The van der Waals surface area contributed by atoms with E-state index in [2.05, 4.69) is 5.32 Å². The molecule has 1 aromatic heterocycles. The lowest BCUT2D eigenvalue weighted by Crippen LogP contribution is -2.24. The fourth-order valence-corrected chi connectivity index (χ4v) is 2.63. The van der Waals surface area contributed by atoms with E-state index in [1.807, 2.05) is 6.92 Å². The second-order valence-electron chi connectivity index (χ2n) is 6.14. The lowest BCUT2D eigenvalue weighted by molar-refractivity contribution is -0.116. The quantitative estimate of drug-likeness (QED) is 0.611. The lowest BCUT2D eigenvalue weighted by Gasteiger charge is -2.15. The summed E-state index contributed by atoms with van der Waals surface area (Å²) in [6.07, 6.45) is 1.73. The molecule has 0 fully saturated rings. The molecule has 0 saturated carbocycles. The van der Waals surface area contributed by atoms with Gasteiger partial charge in [-0.15, -0.1) is 0 Å². The zero-order valence-electron chi connectivity index (χ0n) is 15.4. The monoisotopic (exact) mass is 356 g/mol. The zero-order chi connectivity index (χ0) is 19.1. The standard InChI is InChI=1S/C20H24N2O4/c1-4-5-10-26-20(25)17-8-6-7-9-18(17)21-19(24)13-22-14(2)11-16(23)12-15(22)3/h6-9,11-12H,4-5,10,13H2,1-3H3,(H,21,24). The van der Waals surface area contributed by atoms with Gasteiger partial charge in [-0.25, -0.2) is 4.79 Å². The molecule has 6 heteroatoms. The number of benzene rings is 1. The van der Waals surface area contributed by atoms with Crippen molar-refractivity contribution < 1.29 is 14.3 Å². The van der Waals surface area contributed by atoms with E-state index in [4.69, 9.17) is 4.74 Å². The Labute approximate surface area is 152 Å². The molecule has 0 bridgehead atoms. The summed E-state index contributed by atoms with van der Waals surface area (Å²) in [5.74, 6) is -0.737. The van der Waals surface area contributed by atoms with E-state index in [0.717, 1.165) is 12.8 Å². The van der Waals surface area contributed by atoms with Crippen molar-refractivity contribution in [2.75, 3.05) is 11.9 Å². The number of rotatable bonds is 7. The Kier molecular flexibility index (Phi) is 6.72. The second-order valence-corrected chi connectivity index (χ2v) is 6.14. The summed E-state index contributed by atoms with van der Waals surface area (Å²) >= 11 is 0. The molecule has 0 saturated heterocycles. The van der Waals surface area contributed by atoms with Gasteiger partial charge in [-0.05, 0) is 32.4 Å². The van der Waals surface area contributed by atoms with Crippen LogP contribution in [0.5, 0.6) is 0 Å². The number of carbonyl (C=O) groups is 2. The molecule has 0 radical (unpaired) electrons. The van der Waals surface area contributed by atoms with Gasteiger partial charge in [0.05, 0.1) is 17.9 Å². The first kappa shape index (κ1) is 19.4. The minimum atomic E-state index is -0.454. The largest absolute Gasteiger partial charge is 0.462 e. The third-order valence-corrected chi connectivity index (χ3v) is 4.01. The van der Waals surface area contributed by atoms with Crippen LogP contribution in [0.3, 0.4) is 0 Å². The first-order chi connectivity index (χ1) is 12.4. The van der Waals surface area contributed by atoms with E-state index >= 15 is 0 Å². The van der Waals surface area contributed by atoms with Crippen molar-refractivity contribution >= 4 is 17.6 Å². The Morgan fingerprint density at radius 2 is 1.77 bits per heavy atom. The predicted molar refractivity (Wildman–Crippen MR) is 100 cm³/mol. The molecule has 0 aliphatic carbocycles. The van der Waals surface area contributed by atoms with Gasteiger partial charge >= 0.3 is 5.97 Å². The number of ether oxygens (including phenoxy) is 1. The topological polar surface area (TPSA) is 77.4 Å². The summed E-state index contributed by atoms with van der Waals surface area (Å²) in [7, 11) is 0. The van der Waals surface area contributed by atoms with Gasteiger partial charge in [0.1, 0.15) is 6.54 Å². The number of amides is 1. The average Bonchev–Trinajstić information content (AvgIpc) is 2.58. The van der Waals surface area contributed by atoms with Crippen LogP contribution in [-0.4, -0.2) is 23.1 Å². The van der Waals surface area contributed by atoms with Crippen LogP contribution in [-0.2, 0) is 16.1 Å². The first-order valence-electron chi connectivity index (χ1n) is 8.66. The van der Waals surface area contributed by atoms with Crippen molar-refractivity contribution in [2.24, 2.45) is 0 Å². The SMILES string of the molecule is CCCCOC(=O)c1ccccc1NC(=O)Cn1c(C)cc(=O)cc1C. The van der Waals surface area contributed by atoms with Gasteiger partial charge < -0.3 is 14.6 Å². The van der Waals surface area contributed by atoms with Crippen molar-refractivity contribution in [1.82, 2.24) is 4.57 Å². The molecule has 1 heterocycles. The molecule has 1 aromatic carbocycles. The number of esters is 1. The summed E-state index contributed by atoms with van der Waals surface area (Å²) in [6.45, 7) is 5.98. The molecule has 0 unspecified atom stereocenters. The molecule has 0 aliphatic rings. The second kappa shape index (κ2) is 8.99. The fourth-order valence-electron chi connectivity index (χ4n) is 2.63. The van der Waals surface area contributed by atoms with Crippen molar-refractivity contribution in [3.63, 3.8) is 0 Å². The minimum Gasteiger partial charge on any atom is -0.462 e. The number of aromatic nitrogens is 1. The highest BCUT2D eigenvalue weighted by Gasteiger charge is 2.15. The van der Waals surface area contributed by atoms with Crippen LogP contribution in [0.4, 0.5) is 5.69 Å². The van der Waals surface area contributed by atoms with Crippen molar-refractivity contribution in [1.29, 1.82) is 0 Å². The van der Waals surface area contributed by atoms with Crippen molar-refractivity contribution in [2.45, 2.75) is 40.2 Å². The van der Waals surface area contributed by atoms with Gasteiger partial charge in [0.25, 0.3) is 0 Å². The van der Waals surface area contributed by atoms with E-state index in [9.17, 15) is 14.4 Å². The molecule has 6 nitrogen and oxygen atoms in total. The first-order valence-corrected chi connectivity index (χ1v) is 8.66. The minimum absolute atomic E-state index is 0.0527. The normalized spacial score (nSPS) is 10.4. The van der Waals surface area contributed by atoms with Crippen molar-refractivity contribution in [3.05, 3.63) is 63.6 Å². The van der Waals surface area contributed by atoms with Crippen LogP contribution in [0.2, 0.25) is 0 Å². The van der Waals surface area contributed by atoms with E-state index in [1.54, 1.807) is 42.7 Å². The molecular formula is C20H24N2O4. The molecule has 1 amide bonds. The lowest BCUT2D eigenvalue weighted by atomic mass is 10.1. The number of nitrogens with one attached hydrogen (secondary N) is 1. The van der Waals surface area contributed by atoms with Crippen LogP contribution < -0.4 is 10.7 Å². The Balaban J connectivity index is 2.12. The molecule has 0 spiro atoms. The molecule has 2 rings (SSSR count). The molecule has 1 N–H and O–H groups in total. The molecular weight excluding hydrogens is 332 g/mol. The van der Waals surface area contributed by atoms with Crippen LogP contribution in [0, 0.1) is 13.8 Å². The van der Waals surface area contributed by atoms with Crippen LogP contribution in [0.15, 0.2) is 41.2 Å². The number of unbranched alkanes of at least 4 members (excludes halogenated alkanes) is 1. The van der Waals surface area contributed by atoms with Gasteiger partial charge in [0, 0.05) is 23.5 Å². The highest BCUT2D eigenvalue weighted by molar-refractivity contribution is 6.01. The van der Waals surface area contributed by atoms with Crippen LogP contribution in [0.25, 0.3) is 0 Å². The number of hydrogen-bond donors (Lipinski definition) is 1. The Bertz CT molecular complexity index is 829. The zero-order valence-corrected chi connectivity index (χ0v) is 15.4. The van der Waals surface area contributed by atoms with Gasteiger partial charge in [-0.2, -0.15) is 0 Å². The maximum Gasteiger partial charge on any atom is 0.340 e.